The minimum Gasteiger partial charge on any atom is -0.328 e. The van der Waals surface area contributed by atoms with Crippen LogP contribution in [0.15, 0.2) is 43.1 Å². The number of aromatic nitrogens is 2. The molecule has 6 nitrogen and oxygen atoms in total. The zero-order chi connectivity index (χ0) is 14.7. The van der Waals surface area contributed by atoms with Gasteiger partial charge in [-0.3, -0.25) is 14.4 Å². The Morgan fingerprint density at radius 3 is 2.70 bits per heavy atom. The smallest absolute Gasteiger partial charge is 0.271 e. The predicted molar refractivity (Wildman–Crippen MR) is 81.9 cm³/mol. The maximum atomic E-state index is 11.9. The second-order valence-electron chi connectivity index (χ2n) is 3.93. The summed E-state index contributed by atoms with van der Waals surface area (Å²) in [5, 5.41) is 2.50. The average Bonchev–Trinajstić information content (AvgIpc) is 2.39. The van der Waals surface area contributed by atoms with Crippen LogP contribution in [0.2, 0.25) is 0 Å². The standard InChI is InChI=1S/C12H9Br2N3O3/c13-7-4-8(11(19)16-5-7)17-9(18)3-6-1-2-15-12(20)10(6)14/h1-2,4-5H,3H2,(H,15,20)(H,16,19)(H,17,18). The molecule has 104 valence electrons. The summed E-state index contributed by atoms with van der Waals surface area (Å²) in [6.07, 6.45) is 2.92. The molecule has 0 saturated carbocycles. The molecule has 0 aliphatic carbocycles. The molecule has 0 saturated heterocycles. The number of pyridine rings is 2. The summed E-state index contributed by atoms with van der Waals surface area (Å²) in [5.74, 6) is -0.389. The molecule has 0 aromatic carbocycles. The van der Waals surface area contributed by atoms with Crippen molar-refractivity contribution in [2.45, 2.75) is 6.42 Å². The minimum atomic E-state index is -0.397. The van der Waals surface area contributed by atoms with E-state index in [1.807, 2.05) is 0 Å². The van der Waals surface area contributed by atoms with E-state index in [0.717, 1.165) is 0 Å². The van der Waals surface area contributed by atoms with Crippen LogP contribution in [-0.2, 0) is 11.2 Å². The van der Waals surface area contributed by atoms with Crippen LogP contribution >= 0.6 is 31.9 Å². The third kappa shape index (κ3) is 3.45. The molecule has 3 N–H and O–H groups in total. The molecule has 0 unspecified atom stereocenters. The van der Waals surface area contributed by atoms with Crippen LogP contribution < -0.4 is 16.4 Å². The zero-order valence-corrected chi connectivity index (χ0v) is 13.2. The minimum absolute atomic E-state index is 0.0174. The fourth-order valence-electron chi connectivity index (χ4n) is 1.55. The molecule has 0 aliphatic rings. The summed E-state index contributed by atoms with van der Waals surface area (Å²) >= 11 is 6.32. The average molecular weight is 403 g/mol. The number of nitrogens with one attached hydrogen (secondary N) is 3. The number of rotatable bonds is 3. The van der Waals surface area contributed by atoms with Crippen molar-refractivity contribution < 1.29 is 4.79 Å². The van der Waals surface area contributed by atoms with E-state index < -0.39 is 5.56 Å². The molecule has 0 radical (unpaired) electrons. The number of carbonyl (C=O) groups excluding carboxylic acids is 1. The number of carbonyl (C=O) groups is 1. The Hall–Kier alpha value is -1.67. The summed E-state index contributed by atoms with van der Waals surface area (Å²) in [6.45, 7) is 0. The molecule has 2 heterocycles. The van der Waals surface area contributed by atoms with E-state index in [2.05, 4.69) is 47.1 Å². The van der Waals surface area contributed by atoms with Gasteiger partial charge in [-0.2, -0.15) is 0 Å². The topological polar surface area (TPSA) is 94.8 Å². The summed E-state index contributed by atoms with van der Waals surface area (Å²) in [6, 6.07) is 3.12. The lowest BCUT2D eigenvalue weighted by Gasteiger charge is -2.06. The summed E-state index contributed by atoms with van der Waals surface area (Å²) < 4.78 is 0.947. The van der Waals surface area contributed by atoms with Crippen LogP contribution in [0.3, 0.4) is 0 Å². The maximum absolute atomic E-state index is 11.9. The van der Waals surface area contributed by atoms with Crippen molar-refractivity contribution in [1.29, 1.82) is 0 Å². The fourth-order valence-corrected chi connectivity index (χ4v) is 2.28. The van der Waals surface area contributed by atoms with Gasteiger partial charge in [0.15, 0.2) is 0 Å². The van der Waals surface area contributed by atoms with E-state index in [9.17, 15) is 14.4 Å². The van der Waals surface area contributed by atoms with E-state index >= 15 is 0 Å². The van der Waals surface area contributed by atoms with Gasteiger partial charge in [-0.1, -0.05) is 0 Å². The van der Waals surface area contributed by atoms with Gasteiger partial charge in [0.25, 0.3) is 11.1 Å². The highest BCUT2D eigenvalue weighted by molar-refractivity contribution is 9.10. The summed E-state index contributed by atoms with van der Waals surface area (Å²) in [5.41, 5.74) is -0.0230. The van der Waals surface area contributed by atoms with E-state index in [4.69, 9.17) is 0 Å². The van der Waals surface area contributed by atoms with E-state index in [-0.39, 0.29) is 23.6 Å². The molecule has 1 amide bonds. The van der Waals surface area contributed by atoms with Crippen molar-refractivity contribution in [3.8, 4) is 0 Å². The zero-order valence-electron chi connectivity index (χ0n) is 10.00. The first-order chi connectivity index (χ1) is 9.47. The second-order valence-corrected chi connectivity index (χ2v) is 5.64. The first kappa shape index (κ1) is 14.7. The van der Waals surface area contributed by atoms with Gasteiger partial charge in [-0.25, -0.2) is 0 Å². The Morgan fingerprint density at radius 2 is 1.95 bits per heavy atom. The highest BCUT2D eigenvalue weighted by Crippen LogP contribution is 2.13. The molecule has 2 aromatic heterocycles. The van der Waals surface area contributed by atoms with Crippen molar-refractivity contribution >= 4 is 43.5 Å². The predicted octanol–water partition coefficient (Wildman–Crippen LogP) is 1.77. The monoisotopic (exact) mass is 401 g/mol. The van der Waals surface area contributed by atoms with Crippen LogP contribution in [0.1, 0.15) is 5.56 Å². The first-order valence-corrected chi connectivity index (χ1v) is 7.10. The van der Waals surface area contributed by atoms with Crippen LogP contribution in [0.5, 0.6) is 0 Å². The van der Waals surface area contributed by atoms with Gasteiger partial charge in [0.05, 0.1) is 10.9 Å². The Bertz CT molecular complexity index is 767. The third-order valence-electron chi connectivity index (χ3n) is 2.47. The normalized spacial score (nSPS) is 10.3. The number of aromatic amines is 2. The van der Waals surface area contributed by atoms with Gasteiger partial charge < -0.3 is 15.3 Å². The van der Waals surface area contributed by atoms with Crippen molar-refractivity contribution in [3.63, 3.8) is 0 Å². The van der Waals surface area contributed by atoms with Gasteiger partial charge >= 0.3 is 0 Å². The first-order valence-electron chi connectivity index (χ1n) is 5.51. The van der Waals surface area contributed by atoms with Crippen molar-refractivity contribution in [3.05, 3.63) is 59.7 Å². The second kappa shape index (κ2) is 6.19. The number of anilines is 1. The van der Waals surface area contributed by atoms with Gasteiger partial charge in [-0.05, 0) is 49.6 Å². The number of H-pyrrole nitrogens is 2. The molecule has 0 aliphatic heterocycles. The van der Waals surface area contributed by atoms with Gasteiger partial charge in [0.2, 0.25) is 5.91 Å². The lowest BCUT2D eigenvalue weighted by Crippen LogP contribution is -2.22. The summed E-state index contributed by atoms with van der Waals surface area (Å²) in [4.78, 5) is 39.8. The fraction of sp³-hybridized carbons (Fsp3) is 0.0833. The highest BCUT2D eigenvalue weighted by Gasteiger charge is 2.11. The molecular formula is C12H9Br2N3O3. The molecule has 8 heteroatoms. The molecule has 0 atom stereocenters. The van der Waals surface area contributed by atoms with Gasteiger partial charge in [0.1, 0.15) is 5.69 Å². The number of halogens is 2. The highest BCUT2D eigenvalue weighted by atomic mass is 79.9. The Labute approximate surface area is 129 Å². The van der Waals surface area contributed by atoms with Crippen LogP contribution in [0.4, 0.5) is 5.69 Å². The molecule has 2 rings (SSSR count). The molecule has 20 heavy (non-hydrogen) atoms. The quantitative estimate of drug-likeness (QED) is 0.730. The maximum Gasteiger partial charge on any atom is 0.271 e. The molecule has 2 aromatic rings. The van der Waals surface area contributed by atoms with E-state index in [1.165, 1.54) is 18.5 Å². The molecule has 0 spiro atoms. The van der Waals surface area contributed by atoms with Crippen molar-refractivity contribution in [1.82, 2.24) is 9.97 Å². The lowest BCUT2D eigenvalue weighted by molar-refractivity contribution is -0.115. The SMILES string of the molecule is O=C(Cc1cc[nH]c(=O)c1Br)Nc1cc(Br)c[nH]c1=O. The number of hydrogen-bond donors (Lipinski definition) is 3. The summed E-state index contributed by atoms with van der Waals surface area (Å²) in [7, 11) is 0. The van der Waals surface area contributed by atoms with Crippen LogP contribution in [0, 0.1) is 0 Å². The van der Waals surface area contributed by atoms with E-state index in [1.54, 1.807) is 6.07 Å². The van der Waals surface area contributed by atoms with Crippen LogP contribution in [-0.4, -0.2) is 15.9 Å². The largest absolute Gasteiger partial charge is 0.328 e. The Morgan fingerprint density at radius 1 is 1.20 bits per heavy atom. The van der Waals surface area contributed by atoms with Crippen molar-refractivity contribution in [2.75, 3.05) is 5.32 Å². The van der Waals surface area contributed by atoms with Gasteiger partial charge in [-0.15, -0.1) is 0 Å². The van der Waals surface area contributed by atoms with E-state index in [0.29, 0.717) is 14.5 Å². The Balaban J connectivity index is 2.17. The lowest BCUT2D eigenvalue weighted by atomic mass is 10.2. The Kier molecular flexibility index (Phi) is 4.56. The molecular weight excluding hydrogens is 394 g/mol. The number of hydrogen-bond acceptors (Lipinski definition) is 3. The molecule has 0 fully saturated rings. The van der Waals surface area contributed by atoms with Gasteiger partial charge in [0, 0.05) is 16.9 Å². The molecule has 0 bridgehead atoms. The number of amides is 1. The third-order valence-corrected chi connectivity index (χ3v) is 3.80. The van der Waals surface area contributed by atoms with Crippen molar-refractivity contribution in [2.24, 2.45) is 0 Å². The van der Waals surface area contributed by atoms with Crippen LogP contribution in [0.25, 0.3) is 0 Å².